The van der Waals surface area contributed by atoms with Gasteiger partial charge in [-0.2, -0.15) is 0 Å². The van der Waals surface area contributed by atoms with E-state index in [0.717, 1.165) is 25.2 Å². The molecule has 3 atom stereocenters. The zero-order valence-corrected chi connectivity index (χ0v) is 11.9. The van der Waals surface area contributed by atoms with Crippen LogP contribution < -0.4 is 0 Å². The van der Waals surface area contributed by atoms with Crippen LogP contribution >= 0.6 is 0 Å². The molecule has 1 aliphatic heterocycles. The summed E-state index contributed by atoms with van der Waals surface area (Å²) in [7, 11) is 0. The van der Waals surface area contributed by atoms with Crippen LogP contribution in [0, 0.1) is 17.3 Å². The first-order chi connectivity index (χ1) is 8.54. The summed E-state index contributed by atoms with van der Waals surface area (Å²) in [6.07, 6.45) is 6.02. The summed E-state index contributed by atoms with van der Waals surface area (Å²) in [5.41, 5.74) is -0.388. The molecule has 3 nitrogen and oxygen atoms in total. The van der Waals surface area contributed by atoms with Crippen molar-refractivity contribution >= 4 is 5.97 Å². The molecule has 0 aromatic rings. The van der Waals surface area contributed by atoms with Crippen molar-refractivity contribution < 1.29 is 14.3 Å². The van der Waals surface area contributed by atoms with E-state index in [1.165, 1.54) is 12.8 Å². The summed E-state index contributed by atoms with van der Waals surface area (Å²) in [4.78, 5) is 12.0. The molecular weight excluding hydrogens is 228 g/mol. The quantitative estimate of drug-likeness (QED) is 0.723. The average molecular weight is 254 g/mol. The molecule has 1 saturated carbocycles. The zero-order chi connectivity index (χ0) is 13.2. The molecule has 2 fully saturated rings. The second kappa shape index (κ2) is 5.60. The lowest BCUT2D eigenvalue weighted by Gasteiger charge is -2.33. The molecule has 0 bridgehead atoms. The second-order valence-electron chi connectivity index (χ2n) is 6.40. The van der Waals surface area contributed by atoms with Crippen LogP contribution in [-0.2, 0) is 14.3 Å². The van der Waals surface area contributed by atoms with E-state index in [1.807, 2.05) is 0 Å². The Balaban J connectivity index is 1.92. The van der Waals surface area contributed by atoms with E-state index >= 15 is 0 Å². The van der Waals surface area contributed by atoms with E-state index in [1.54, 1.807) is 0 Å². The van der Waals surface area contributed by atoms with Gasteiger partial charge in [-0.25, -0.2) is 0 Å². The van der Waals surface area contributed by atoms with Crippen LogP contribution in [0.15, 0.2) is 0 Å². The minimum Gasteiger partial charge on any atom is -0.465 e. The van der Waals surface area contributed by atoms with Gasteiger partial charge in [-0.1, -0.05) is 33.6 Å². The molecule has 0 aromatic heterocycles. The largest absolute Gasteiger partial charge is 0.465 e. The van der Waals surface area contributed by atoms with Crippen LogP contribution in [0.5, 0.6) is 0 Å². The highest BCUT2D eigenvalue weighted by atomic mass is 16.5. The fourth-order valence-corrected chi connectivity index (χ4v) is 3.19. The molecule has 3 unspecified atom stereocenters. The van der Waals surface area contributed by atoms with Gasteiger partial charge in [0.05, 0.1) is 24.7 Å². The number of rotatable bonds is 4. The number of ether oxygens (including phenoxy) is 2. The smallest absolute Gasteiger partial charge is 0.314 e. The van der Waals surface area contributed by atoms with Crippen LogP contribution in [-0.4, -0.2) is 25.3 Å². The normalized spacial score (nSPS) is 37.0. The summed E-state index contributed by atoms with van der Waals surface area (Å²) in [6.45, 7) is 7.58. The summed E-state index contributed by atoms with van der Waals surface area (Å²) < 4.78 is 11.2. The maximum Gasteiger partial charge on any atom is 0.314 e. The van der Waals surface area contributed by atoms with Crippen molar-refractivity contribution in [3.63, 3.8) is 0 Å². The Bertz CT molecular complexity index is 300. The fourth-order valence-electron chi connectivity index (χ4n) is 3.19. The van der Waals surface area contributed by atoms with Crippen molar-refractivity contribution in [2.24, 2.45) is 17.3 Å². The molecule has 104 valence electrons. The first-order valence-corrected chi connectivity index (χ1v) is 7.33. The van der Waals surface area contributed by atoms with Crippen molar-refractivity contribution in [3.05, 3.63) is 0 Å². The van der Waals surface area contributed by atoms with E-state index in [2.05, 4.69) is 20.8 Å². The van der Waals surface area contributed by atoms with Gasteiger partial charge in [-0.15, -0.1) is 0 Å². The third-order valence-corrected chi connectivity index (χ3v) is 4.76. The summed E-state index contributed by atoms with van der Waals surface area (Å²) in [5.74, 6) is 0.990. The Hall–Kier alpha value is -0.570. The molecule has 0 amide bonds. The van der Waals surface area contributed by atoms with Crippen LogP contribution in [0.1, 0.15) is 52.9 Å². The summed E-state index contributed by atoms with van der Waals surface area (Å²) in [6, 6.07) is 0. The molecule has 0 aromatic carbocycles. The Labute approximate surface area is 110 Å². The number of carbonyl (C=O) groups is 1. The Kier molecular flexibility index (Phi) is 4.31. The fraction of sp³-hybridized carbons (Fsp3) is 0.933. The number of carbonyl (C=O) groups excluding carboxylic acids is 1. The summed E-state index contributed by atoms with van der Waals surface area (Å²) >= 11 is 0. The maximum absolute atomic E-state index is 12.0. The van der Waals surface area contributed by atoms with Crippen molar-refractivity contribution in [2.45, 2.75) is 59.0 Å². The predicted molar refractivity (Wildman–Crippen MR) is 70.2 cm³/mol. The van der Waals surface area contributed by atoms with Gasteiger partial charge in [0.25, 0.3) is 0 Å². The molecular formula is C15H26O3. The van der Waals surface area contributed by atoms with Crippen molar-refractivity contribution in [1.29, 1.82) is 0 Å². The lowest BCUT2D eigenvalue weighted by molar-refractivity contribution is -0.154. The van der Waals surface area contributed by atoms with Crippen molar-refractivity contribution in [1.82, 2.24) is 0 Å². The van der Waals surface area contributed by atoms with Crippen LogP contribution in [0.2, 0.25) is 0 Å². The molecule has 0 N–H and O–H groups in total. The Morgan fingerprint density at radius 3 is 2.78 bits per heavy atom. The third-order valence-electron chi connectivity index (χ3n) is 4.76. The van der Waals surface area contributed by atoms with E-state index in [-0.39, 0.29) is 17.3 Å². The minimum absolute atomic E-state index is 0.0543. The van der Waals surface area contributed by atoms with Crippen LogP contribution in [0.3, 0.4) is 0 Å². The summed E-state index contributed by atoms with van der Waals surface area (Å²) in [5, 5.41) is 0. The van der Waals surface area contributed by atoms with E-state index in [4.69, 9.17) is 9.47 Å². The molecule has 1 aliphatic carbocycles. The molecule has 1 saturated heterocycles. The van der Waals surface area contributed by atoms with Crippen LogP contribution in [0.4, 0.5) is 0 Å². The molecule has 18 heavy (non-hydrogen) atoms. The van der Waals surface area contributed by atoms with Gasteiger partial charge in [-0.05, 0) is 24.7 Å². The lowest BCUT2D eigenvalue weighted by atomic mass is 9.76. The molecule has 2 rings (SSSR count). The number of esters is 1. The lowest BCUT2D eigenvalue weighted by Crippen LogP contribution is -2.39. The SMILES string of the molecule is CC1CCCC(OCC2(C(C)C)CCOC2=O)C1. The number of hydrogen-bond acceptors (Lipinski definition) is 3. The van der Waals surface area contributed by atoms with Gasteiger partial charge >= 0.3 is 5.97 Å². The van der Waals surface area contributed by atoms with E-state index < -0.39 is 0 Å². The molecule has 2 aliphatic rings. The Morgan fingerprint density at radius 1 is 1.44 bits per heavy atom. The molecule has 3 heteroatoms. The minimum atomic E-state index is -0.388. The van der Waals surface area contributed by atoms with Gasteiger partial charge in [-0.3, -0.25) is 4.79 Å². The second-order valence-corrected chi connectivity index (χ2v) is 6.40. The van der Waals surface area contributed by atoms with Crippen LogP contribution in [0.25, 0.3) is 0 Å². The van der Waals surface area contributed by atoms with Gasteiger partial charge in [0.2, 0.25) is 0 Å². The van der Waals surface area contributed by atoms with E-state index in [9.17, 15) is 4.79 Å². The van der Waals surface area contributed by atoms with E-state index in [0.29, 0.717) is 19.3 Å². The Morgan fingerprint density at radius 2 is 2.22 bits per heavy atom. The molecule has 0 radical (unpaired) electrons. The highest BCUT2D eigenvalue weighted by Crippen LogP contribution is 2.39. The highest BCUT2D eigenvalue weighted by Gasteiger charge is 2.47. The third kappa shape index (κ3) is 2.71. The van der Waals surface area contributed by atoms with Crippen molar-refractivity contribution in [3.8, 4) is 0 Å². The highest BCUT2D eigenvalue weighted by molar-refractivity contribution is 5.79. The van der Waals surface area contributed by atoms with Gasteiger partial charge in [0.15, 0.2) is 0 Å². The number of cyclic esters (lactones) is 1. The average Bonchev–Trinajstić information content (AvgIpc) is 2.69. The monoisotopic (exact) mass is 254 g/mol. The molecule has 1 heterocycles. The topological polar surface area (TPSA) is 35.5 Å². The van der Waals surface area contributed by atoms with Gasteiger partial charge in [0.1, 0.15) is 0 Å². The standard InChI is InChI=1S/C15H26O3/c1-11(2)15(7-8-17-14(15)16)10-18-13-6-4-5-12(3)9-13/h11-13H,4-10H2,1-3H3. The first kappa shape index (κ1) is 13.9. The van der Waals surface area contributed by atoms with Gasteiger partial charge in [0, 0.05) is 6.42 Å². The maximum atomic E-state index is 12.0. The predicted octanol–water partition coefficient (Wildman–Crippen LogP) is 3.17. The first-order valence-electron chi connectivity index (χ1n) is 7.33. The molecule has 0 spiro atoms. The van der Waals surface area contributed by atoms with Crippen molar-refractivity contribution in [2.75, 3.05) is 13.2 Å². The number of hydrogen-bond donors (Lipinski definition) is 0. The zero-order valence-electron chi connectivity index (χ0n) is 11.9. The van der Waals surface area contributed by atoms with Gasteiger partial charge < -0.3 is 9.47 Å².